The number of rotatable bonds is 6. The summed E-state index contributed by atoms with van der Waals surface area (Å²) in [6.45, 7) is 1.98. The predicted octanol–water partition coefficient (Wildman–Crippen LogP) is 3.84. The van der Waals surface area contributed by atoms with Gasteiger partial charge in [0.1, 0.15) is 5.75 Å². The first-order chi connectivity index (χ1) is 14.1. The molecule has 2 heterocycles. The van der Waals surface area contributed by atoms with Crippen molar-refractivity contribution >= 4 is 29.0 Å². The number of anilines is 1. The SMILES string of the molecule is COc1ccc(-c2ccc3nnc(SCC(=O)Nc4cccc(C)c4)n3n2)cc1. The van der Waals surface area contributed by atoms with Crippen LogP contribution in [0, 0.1) is 6.92 Å². The number of carbonyl (C=O) groups is 1. The van der Waals surface area contributed by atoms with Crippen LogP contribution >= 0.6 is 11.8 Å². The monoisotopic (exact) mass is 405 g/mol. The van der Waals surface area contributed by atoms with Crippen LogP contribution in [0.1, 0.15) is 5.56 Å². The maximum absolute atomic E-state index is 12.3. The molecule has 0 saturated heterocycles. The Morgan fingerprint density at radius 3 is 2.69 bits per heavy atom. The van der Waals surface area contributed by atoms with Gasteiger partial charge < -0.3 is 10.1 Å². The molecular weight excluding hydrogens is 386 g/mol. The number of fused-ring (bicyclic) bond motifs is 1. The maximum atomic E-state index is 12.3. The van der Waals surface area contributed by atoms with Crippen molar-refractivity contribution in [3.63, 3.8) is 0 Å². The summed E-state index contributed by atoms with van der Waals surface area (Å²) in [6.07, 6.45) is 0. The fourth-order valence-corrected chi connectivity index (χ4v) is 3.51. The molecule has 1 N–H and O–H groups in total. The van der Waals surface area contributed by atoms with Gasteiger partial charge in [-0.05, 0) is 61.0 Å². The summed E-state index contributed by atoms with van der Waals surface area (Å²) in [7, 11) is 1.63. The molecular formula is C21H19N5O2S. The van der Waals surface area contributed by atoms with Crippen molar-refractivity contribution in [1.82, 2.24) is 19.8 Å². The number of nitrogens with zero attached hydrogens (tertiary/aromatic N) is 4. The van der Waals surface area contributed by atoms with E-state index >= 15 is 0 Å². The van der Waals surface area contributed by atoms with Gasteiger partial charge in [-0.15, -0.1) is 10.2 Å². The van der Waals surface area contributed by atoms with Crippen molar-refractivity contribution in [2.45, 2.75) is 12.1 Å². The molecule has 0 spiro atoms. The lowest BCUT2D eigenvalue weighted by Crippen LogP contribution is -2.14. The van der Waals surface area contributed by atoms with E-state index < -0.39 is 0 Å². The summed E-state index contributed by atoms with van der Waals surface area (Å²) in [5.41, 5.74) is 4.24. The van der Waals surface area contributed by atoms with Crippen LogP contribution in [0.25, 0.3) is 16.9 Å². The summed E-state index contributed by atoms with van der Waals surface area (Å²) < 4.78 is 6.86. The molecule has 0 saturated carbocycles. The Kier molecular flexibility index (Phi) is 5.44. The Labute approximate surface area is 172 Å². The summed E-state index contributed by atoms with van der Waals surface area (Å²) in [6, 6.07) is 19.1. The lowest BCUT2D eigenvalue weighted by atomic mass is 10.1. The number of hydrogen-bond acceptors (Lipinski definition) is 6. The van der Waals surface area contributed by atoms with E-state index in [9.17, 15) is 4.79 Å². The number of carbonyl (C=O) groups excluding carboxylic acids is 1. The van der Waals surface area contributed by atoms with E-state index in [2.05, 4.69) is 20.6 Å². The fourth-order valence-electron chi connectivity index (χ4n) is 2.82. The van der Waals surface area contributed by atoms with Gasteiger partial charge in [-0.3, -0.25) is 4.79 Å². The third-order valence-corrected chi connectivity index (χ3v) is 5.17. The van der Waals surface area contributed by atoms with Crippen molar-refractivity contribution in [2.75, 3.05) is 18.2 Å². The number of aromatic nitrogens is 4. The second-order valence-electron chi connectivity index (χ2n) is 6.41. The molecule has 4 rings (SSSR count). The van der Waals surface area contributed by atoms with Crippen LogP contribution < -0.4 is 10.1 Å². The molecule has 0 fully saturated rings. The van der Waals surface area contributed by atoms with Gasteiger partial charge in [-0.25, -0.2) is 0 Å². The number of hydrogen-bond donors (Lipinski definition) is 1. The number of amides is 1. The highest BCUT2D eigenvalue weighted by Crippen LogP contribution is 2.23. The minimum absolute atomic E-state index is 0.108. The number of ether oxygens (including phenoxy) is 1. The first-order valence-corrected chi connectivity index (χ1v) is 9.97. The number of thioether (sulfide) groups is 1. The van der Waals surface area contributed by atoms with E-state index in [4.69, 9.17) is 4.74 Å². The molecule has 29 heavy (non-hydrogen) atoms. The van der Waals surface area contributed by atoms with Crippen LogP contribution in [0.5, 0.6) is 5.75 Å². The Morgan fingerprint density at radius 2 is 1.93 bits per heavy atom. The van der Waals surface area contributed by atoms with Gasteiger partial charge in [-0.2, -0.15) is 9.61 Å². The van der Waals surface area contributed by atoms with Gasteiger partial charge in [0.2, 0.25) is 11.1 Å². The maximum Gasteiger partial charge on any atom is 0.234 e. The standard InChI is InChI=1S/C21H19N5O2S/c1-14-4-3-5-16(12-14)22-20(27)13-29-21-24-23-19-11-10-18(25-26(19)21)15-6-8-17(28-2)9-7-15/h3-12H,13H2,1-2H3,(H,22,27). The zero-order chi connectivity index (χ0) is 20.2. The molecule has 1 amide bonds. The van der Waals surface area contributed by atoms with E-state index in [0.29, 0.717) is 10.8 Å². The van der Waals surface area contributed by atoms with Gasteiger partial charge in [-0.1, -0.05) is 23.9 Å². The minimum atomic E-state index is -0.108. The molecule has 4 aromatic rings. The van der Waals surface area contributed by atoms with E-state index in [1.807, 2.05) is 67.6 Å². The summed E-state index contributed by atoms with van der Waals surface area (Å²) in [5, 5.41) is 16.4. The highest BCUT2D eigenvalue weighted by atomic mass is 32.2. The topological polar surface area (TPSA) is 81.4 Å². The molecule has 0 bridgehead atoms. The molecule has 0 aliphatic heterocycles. The Balaban J connectivity index is 1.49. The van der Waals surface area contributed by atoms with Crippen molar-refractivity contribution in [3.05, 3.63) is 66.2 Å². The summed E-state index contributed by atoms with van der Waals surface area (Å²) >= 11 is 1.29. The number of benzene rings is 2. The van der Waals surface area contributed by atoms with Crippen molar-refractivity contribution in [2.24, 2.45) is 0 Å². The molecule has 0 aliphatic rings. The fraction of sp³-hybridized carbons (Fsp3) is 0.143. The molecule has 8 heteroatoms. The van der Waals surface area contributed by atoms with Gasteiger partial charge in [0, 0.05) is 11.3 Å². The van der Waals surface area contributed by atoms with Gasteiger partial charge >= 0.3 is 0 Å². The van der Waals surface area contributed by atoms with Crippen molar-refractivity contribution < 1.29 is 9.53 Å². The summed E-state index contributed by atoms with van der Waals surface area (Å²) in [4.78, 5) is 12.3. The van der Waals surface area contributed by atoms with Crippen molar-refractivity contribution in [1.29, 1.82) is 0 Å². The zero-order valence-electron chi connectivity index (χ0n) is 16.0. The highest BCUT2D eigenvalue weighted by molar-refractivity contribution is 7.99. The molecule has 146 valence electrons. The quantitative estimate of drug-likeness (QED) is 0.491. The number of nitrogens with one attached hydrogen (secondary N) is 1. The van der Waals surface area contributed by atoms with Gasteiger partial charge in [0.15, 0.2) is 5.65 Å². The van der Waals surface area contributed by atoms with Crippen LogP contribution in [-0.2, 0) is 4.79 Å². The molecule has 2 aromatic heterocycles. The molecule has 2 aromatic carbocycles. The average molecular weight is 405 g/mol. The van der Waals surface area contributed by atoms with Crippen LogP contribution in [0.15, 0.2) is 65.8 Å². The normalized spacial score (nSPS) is 10.8. The van der Waals surface area contributed by atoms with Gasteiger partial charge in [0.25, 0.3) is 0 Å². The molecule has 0 aliphatic carbocycles. The van der Waals surface area contributed by atoms with E-state index in [0.717, 1.165) is 28.3 Å². The lowest BCUT2D eigenvalue weighted by molar-refractivity contribution is -0.113. The zero-order valence-corrected chi connectivity index (χ0v) is 16.8. The van der Waals surface area contributed by atoms with E-state index in [-0.39, 0.29) is 11.7 Å². The van der Waals surface area contributed by atoms with Crippen LogP contribution in [-0.4, -0.2) is 38.6 Å². The van der Waals surface area contributed by atoms with E-state index in [1.54, 1.807) is 11.6 Å². The summed E-state index contributed by atoms with van der Waals surface area (Å²) in [5.74, 6) is 0.891. The Morgan fingerprint density at radius 1 is 1.10 bits per heavy atom. The number of methoxy groups -OCH3 is 1. The lowest BCUT2D eigenvalue weighted by Gasteiger charge is -2.06. The molecule has 0 radical (unpaired) electrons. The first kappa shape index (κ1) is 18.9. The Hall–Kier alpha value is -3.39. The minimum Gasteiger partial charge on any atom is -0.497 e. The largest absolute Gasteiger partial charge is 0.497 e. The van der Waals surface area contributed by atoms with Crippen LogP contribution in [0.2, 0.25) is 0 Å². The highest BCUT2D eigenvalue weighted by Gasteiger charge is 2.12. The first-order valence-electron chi connectivity index (χ1n) is 8.98. The third kappa shape index (κ3) is 4.38. The van der Waals surface area contributed by atoms with Crippen LogP contribution in [0.4, 0.5) is 5.69 Å². The Bertz CT molecular complexity index is 1160. The molecule has 0 unspecified atom stereocenters. The average Bonchev–Trinajstić information content (AvgIpc) is 3.14. The van der Waals surface area contributed by atoms with Crippen molar-refractivity contribution in [3.8, 4) is 17.0 Å². The molecule has 7 nitrogen and oxygen atoms in total. The second-order valence-corrected chi connectivity index (χ2v) is 7.35. The third-order valence-electron chi connectivity index (χ3n) is 4.25. The number of aryl methyl sites for hydroxylation is 1. The van der Waals surface area contributed by atoms with E-state index in [1.165, 1.54) is 11.8 Å². The molecule has 0 atom stereocenters. The van der Waals surface area contributed by atoms with Crippen LogP contribution in [0.3, 0.4) is 0 Å². The van der Waals surface area contributed by atoms with Gasteiger partial charge in [0.05, 0.1) is 18.6 Å². The second kappa shape index (κ2) is 8.32. The smallest absolute Gasteiger partial charge is 0.234 e. The predicted molar refractivity (Wildman–Crippen MR) is 113 cm³/mol.